The lowest BCUT2D eigenvalue weighted by molar-refractivity contribution is 0.0593. The van der Waals surface area contributed by atoms with Crippen LogP contribution < -0.4 is 0 Å². The summed E-state index contributed by atoms with van der Waals surface area (Å²) < 4.78 is 12.1. The van der Waals surface area contributed by atoms with Gasteiger partial charge in [0.25, 0.3) is 0 Å². The minimum atomic E-state index is -0.780. The number of hydrogen-bond acceptors (Lipinski definition) is 2. The highest BCUT2D eigenvalue weighted by Gasteiger charge is 2.34. The van der Waals surface area contributed by atoms with Crippen molar-refractivity contribution in [2.45, 2.75) is 11.2 Å². The van der Waals surface area contributed by atoms with Crippen molar-refractivity contribution < 1.29 is 9.47 Å². The molecule has 2 rings (SSSR count). The first-order chi connectivity index (χ1) is 9.10. The summed E-state index contributed by atoms with van der Waals surface area (Å²) in [6, 6.07) is 7.99. The Morgan fingerprint density at radius 3 is 2.00 bits per heavy atom. The van der Waals surface area contributed by atoms with E-state index in [1.807, 2.05) is 48.6 Å². The highest BCUT2D eigenvalue weighted by atomic mass is 79.9. The van der Waals surface area contributed by atoms with E-state index in [0.717, 1.165) is 10.0 Å². The maximum absolute atomic E-state index is 5.67. The molecule has 2 nitrogen and oxygen atoms in total. The monoisotopic (exact) mass is 318 g/mol. The van der Waals surface area contributed by atoms with Crippen LogP contribution in [0.5, 0.6) is 0 Å². The van der Waals surface area contributed by atoms with Crippen LogP contribution in [0, 0.1) is 12.3 Å². The zero-order valence-corrected chi connectivity index (χ0v) is 12.5. The molecule has 1 aliphatic rings. The Morgan fingerprint density at radius 1 is 1.00 bits per heavy atom. The highest BCUT2D eigenvalue weighted by molar-refractivity contribution is 9.10. The number of terminal acetylenes is 1. The van der Waals surface area contributed by atoms with Crippen molar-refractivity contribution >= 4 is 15.9 Å². The second-order valence-corrected chi connectivity index (χ2v) is 5.23. The molecule has 0 radical (unpaired) electrons. The largest absolute Gasteiger partial charge is 0.365 e. The van der Waals surface area contributed by atoms with Crippen molar-refractivity contribution in [3.05, 3.63) is 58.6 Å². The van der Waals surface area contributed by atoms with Crippen LogP contribution in [0.3, 0.4) is 0 Å². The highest BCUT2D eigenvalue weighted by Crippen LogP contribution is 2.35. The normalized spacial score (nSPS) is 29.2. The molecular weight excluding hydrogens is 304 g/mol. The predicted octanol–water partition coefficient (Wildman–Crippen LogP) is 3.44. The summed E-state index contributed by atoms with van der Waals surface area (Å²) in [4.78, 5) is 0. The lowest BCUT2D eigenvalue weighted by atomic mass is 9.84. The summed E-state index contributed by atoms with van der Waals surface area (Å²) in [5.41, 5.74) is -0.343. The Kier molecular flexibility index (Phi) is 3.96. The Hall–Kier alpha value is -1.34. The second-order valence-electron chi connectivity index (χ2n) is 4.31. The first-order valence-corrected chi connectivity index (χ1v) is 6.64. The minimum absolute atomic E-state index is 0.598. The Bertz CT molecular complexity index is 535. The van der Waals surface area contributed by atoms with Crippen molar-refractivity contribution in [2.24, 2.45) is 0 Å². The van der Waals surface area contributed by atoms with Crippen molar-refractivity contribution in [3.8, 4) is 12.3 Å². The average Bonchev–Trinajstić information content (AvgIpc) is 2.48. The van der Waals surface area contributed by atoms with Gasteiger partial charge in [-0.2, -0.15) is 0 Å². The summed E-state index contributed by atoms with van der Waals surface area (Å²) in [7, 11) is 3.26. The fraction of sp³-hybridized carbons (Fsp3) is 0.250. The molecule has 0 spiro atoms. The molecule has 98 valence electrons. The molecule has 0 bridgehead atoms. The van der Waals surface area contributed by atoms with E-state index in [4.69, 9.17) is 15.9 Å². The van der Waals surface area contributed by atoms with E-state index in [9.17, 15) is 0 Å². The van der Waals surface area contributed by atoms with E-state index in [1.165, 1.54) is 0 Å². The van der Waals surface area contributed by atoms with Gasteiger partial charge in [0.2, 0.25) is 0 Å². The van der Waals surface area contributed by atoms with Crippen molar-refractivity contribution in [3.63, 3.8) is 0 Å². The van der Waals surface area contributed by atoms with Crippen LogP contribution >= 0.6 is 15.9 Å². The Morgan fingerprint density at radius 2 is 1.58 bits per heavy atom. The molecule has 0 heterocycles. The quantitative estimate of drug-likeness (QED) is 0.628. The molecular formula is C16H15BrO2. The molecule has 3 heteroatoms. The van der Waals surface area contributed by atoms with Gasteiger partial charge in [0.05, 0.1) is 0 Å². The molecule has 0 amide bonds. The lowest BCUT2D eigenvalue weighted by Gasteiger charge is -2.33. The van der Waals surface area contributed by atoms with E-state index < -0.39 is 11.2 Å². The predicted molar refractivity (Wildman–Crippen MR) is 79.7 cm³/mol. The van der Waals surface area contributed by atoms with Gasteiger partial charge in [-0.15, -0.1) is 6.42 Å². The van der Waals surface area contributed by atoms with Crippen LogP contribution in [0.25, 0.3) is 0 Å². The van der Waals surface area contributed by atoms with E-state index >= 15 is 0 Å². The van der Waals surface area contributed by atoms with Gasteiger partial charge in [-0.05, 0) is 42.0 Å². The Balaban J connectivity index is 2.41. The molecule has 1 aliphatic carbocycles. The van der Waals surface area contributed by atoms with Crippen LogP contribution in [0.1, 0.15) is 5.56 Å². The van der Waals surface area contributed by atoms with Gasteiger partial charge in [-0.25, -0.2) is 0 Å². The molecule has 19 heavy (non-hydrogen) atoms. The lowest BCUT2D eigenvalue weighted by Crippen LogP contribution is -2.33. The van der Waals surface area contributed by atoms with Crippen LogP contribution in [-0.4, -0.2) is 19.8 Å². The van der Waals surface area contributed by atoms with Crippen LogP contribution in [0.4, 0.5) is 0 Å². The van der Waals surface area contributed by atoms with E-state index in [1.54, 1.807) is 14.2 Å². The molecule has 0 atom stereocenters. The first-order valence-electron chi connectivity index (χ1n) is 5.85. The molecule has 1 aromatic rings. The third-order valence-electron chi connectivity index (χ3n) is 3.35. The van der Waals surface area contributed by atoms with Crippen molar-refractivity contribution in [1.82, 2.24) is 0 Å². The number of benzene rings is 1. The fourth-order valence-corrected chi connectivity index (χ4v) is 2.32. The molecule has 0 saturated heterocycles. The number of methoxy groups -OCH3 is 2. The van der Waals surface area contributed by atoms with E-state index in [-0.39, 0.29) is 0 Å². The van der Waals surface area contributed by atoms with E-state index in [0.29, 0.717) is 0 Å². The van der Waals surface area contributed by atoms with Crippen LogP contribution in [0.15, 0.2) is 53.0 Å². The van der Waals surface area contributed by atoms with Gasteiger partial charge in [-0.1, -0.05) is 34.0 Å². The maximum Gasteiger partial charge on any atom is 0.165 e. The van der Waals surface area contributed by atoms with E-state index in [2.05, 4.69) is 21.9 Å². The molecule has 0 N–H and O–H groups in total. The molecule has 1 aromatic carbocycles. The number of hydrogen-bond donors (Lipinski definition) is 0. The second kappa shape index (κ2) is 5.34. The van der Waals surface area contributed by atoms with Crippen molar-refractivity contribution in [2.75, 3.05) is 14.2 Å². The zero-order valence-electron chi connectivity index (χ0n) is 10.9. The Labute approximate surface area is 122 Å². The molecule has 0 aliphatic heterocycles. The average molecular weight is 319 g/mol. The third kappa shape index (κ3) is 2.52. The van der Waals surface area contributed by atoms with Crippen LogP contribution in [-0.2, 0) is 15.1 Å². The van der Waals surface area contributed by atoms with Crippen molar-refractivity contribution in [1.29, 1.82) is 0 Å². The van der Waals surface area contributed by atoms with Gasteiger partial charge in [0.1, 0.15) is 5.60 Å². The zero-order chi connectivity index (χ0) is 13.9. The molecule has 0 fully saturated rings. The van der Waals surface area contributed by atoms with Crippen LogP contribution in [0.2, 0.25) is 0 Å². The number of ether oxygens (including phenoxy) is 2. The topological polar surface area (TPSA) is 18.5 Å². The maximum atomic E-state index is 5.67. The standard InChI is InChI=1S/C16H15BrO2/c1-4-15(18-2)9-11-16(19-3,12-10-15)13-5-7-14(17)8-6-13/h1,5-12H,2-3H3. The SMILES string of the molecule is C#CC1(OC)C=CC(OC)(c2ccc(Br)cc2)C=C1. The van der Waals surface area contributed by atoms with Gasteiger partial charge >= 0.3 is 0 Å². The van der Waals surface area contributed by atoms with Gasteiger partial charge in [0, 0.05) is 18.7 Å². The summed E-state index contributed by atoms with van der Waals surface area (Å²) >= 11 is 3.43. The summed E-state index contributed by atoms with van der Waals surface area (Å²) in [5.74, 6) is 2.63. The molecule has 0 saturated carbocycles. The van der Waals surface area contributed by atoms with Gasteiger partial charge in [-0.3, -0.25) is 0 Å². The fourth-order valence-electron chi connectivity index (χ4n) is 2.05. The summed E-state index contributed by atoms with van der Waals surface area (Å²) in [6.07, 6.45) is 13.1. The minimum Gasteiger partial charge on any atom is -0.365 e. The smallest absolute Gasteiger partial charge is 0.165 e. The molecule has 0 unspecified atom stereocenters. The molecule has 0 aromatic heterocycles. The first kappa shape index (κ1) is 14.1. The summed E-state index contributed by atoms with van der Waals surface area (Å²) in [5, 5.41) is 0. The summed E-state index contributed by atoms with van der Waals surface area (Å²) in [6.45, 7) is 0. The number of rotatable bonds is 3. The van der Waals surface area contributed by atoms with Gasteiger partial charge < -0.3 is 9.47 Å². The third-order valence-corrected chi connectivity index (χ3v) is 3.88. The number of halogens is 1. The van der Waals surface area contributed by atoms with Gasteiger partial charge in [0.15, 0.2) is 5.60 Å².